The van der Waals surface area contributed by atoms with Gasteiger partial charge in [-0.25, -0.2) is 0 Å². The Morgan fingerprint density at radius 3 is 3.08 bits per heavy atom. The summed E-state index contributed by atoms with van der Waals surface area (Å²) in [5.74, 6) is -0.0557. The first-order valence-corrected chi connectivity index (χ1v) is 8.42. The fraction of sp³-hybridized carbons (Fsp3) is 0.533. The Morgan fingerprint density at radius 2 is 2.33 bits per heavy atom. The van der Waals surface area contributed by atoms with Gasteiger partial charge in [-0.15, -0.1) is 12.4 Å². The zero-order valence-electron chi connectivity index (χ0n) is 13.5. The first-order chi connectivity index (χ1) is 11.2. The maximum atomic E-state index is 12.4. The molecule has 2 atom stereocenters. The number of rotatable bonds is 5. The van der Waals surface area contributed by atoms with Crippen LogP contribution in [0.4, 0.5) is 17.1 Å². The molecule has 9 heteroatoms. The number of carbonyl (C=O) groups is 1. The molecule has 1 saturated heterocycles. The first kappa shape index (κ1) is 19.0. The fourth-order valence-electron chi connectivity index (χ4n) is 3.01. The number of nitrogens with one attached hydrogen (secondary N) is 1. The highest BCUT2D eigenvalue weighted by Gasteiger charge is 2.28. The van der Waals surface area contributed by atoms with E-state index in [0.29, 0.717) is 18.8 Å². The standard InChI is InChI=1S/C15H21N5O2S.ClH/c1-22-11-5-6-20(10(7-11)8-16)9-14(21)17-12-3-2-4-13-15(12)19-23-18-13;/h2-4,10-11H,5-9,16H2,1H3,(H,17,21);1H. The van der Waals surface area contributed by atoms with E-state index in [1.807, 2.05) is 18.2 Å². The number of ether oxygens (including phenoxy) is 1. The van der Waals surface area contributed by atoms with E-state index in [1.165, 1.54) is 0 Å². The minimum Gasteiger partial charge on any atom is -0.381 e. The van der Waals surface area contributed by atoms with Gasteiger partial charge in [0, 0.05) is 26.2 Å². The third kappa shape index (κ3) is 4.20. The van der Waals surface area contributed by atoms with Gasteiger partial charge in [0.25, 0.3) is 0 Å². The number of anilines is 1. The van der Waals surface area contributed by atoms with Gasteiger partial charge in [0.15, 0.2) is 0 Å². The van der Waals surface area contributed by atoms with Gasteiger partial charge >= 0.3 is 0 Å². The second-order valence-electron chi connectivity index (χ2n) is 5.73. The van der Waals surface area contributed by atoms with E-state index in [-0.39, 0.29) is 30.5 Å². The monoisotopic (exact) mass is 371 g/mol. The van der Waals surface area contributed by atoms with Crippen LogP contribution in [0.5, 0.6) is 0 Å². The lowest BCUT2D eigenvalue weighted by molar-refractivity contribution is -0.118. The van der Waals surface area contributed by atoms with Crippen LogP contribution in [0.2, 0.25) is 0 Å². The summed E-state index contributed by atoms with van der Waals surface area (Å²) < 4.78 is 13.8. The molecule has 132 valence electrons. The molecule has 2 aliphatic rings. The predicted molar refractivity (Wildman–Crippen MR) is 98.3 cm³/mol. The van der Waals surface area contributed by atoms with Crippen molar-refractivity contribution in [2.75, 3.05) is 32.1 Å². The van der Waals surface area contributed by atoms with Crippen LogP contribution in [0, 0.1) is 0 Å². The number of fused-ring (bicyclic) bond motifs is 1. The number of nitrogens with zero attached hydrogens (tertiary/aromatic N) is 3. The second-order valence-corrected chi connectivity index (χ2v) is 6.26. The topological polar surface area (TPSA) is 92.3 Å². The van der Waals surface area contributed by atoms with E-state index < -0.39 is 0 Å². The Kier molecular flexibility index (Phi) is 6.88. The number of piperidine rings is 1. The normalized spacial score (nSPS) is 22.4. The van der Waals surface area contributed by atoms with Crippen LogP contribution in [0.1, 0.15) is 12.8 Å². The maximum absolute atomic E-state index is 12.4. The number of likely N-dealkylation sites (tertiary alicyclic amines) is 1. The third-order valence-corrected chi connectivity index (χ3v) is 4.84. The van der Waals surface area contributed by atoms with Crippen LogP contribution < -0.4 is 11.1 Å². The summed E-state index contributed by atoms with van der Waals surface area (Å²) in [6.07, 6.45) is 2.02. The number of halogens is 1. The summed E-state index contributed by atoms with van der Waals surface area (Å²) in [5, 5.41) is 2.94. The fourth-order valence-corrected chi connectivity index (χ4v) is 3.56. The molecule has 0 radical (unpaired) electrons. The first-order valence-electron chi connectivity index (χ1n) is 7.69. The Bertz CT molecular complexity index is 665. The van der Waals surface area contributed by atoms with Crippen LogP contribution in [-0.4, -0.2) is 49.7 Å². The smallest absolute Gasteiger partial charge is 0.238 e. The molecule has 24 heavy (non-hydrogen) atoms. The third-order valence-electron chi connectivity index (χ3n) is 4.30. The molecular weight excluding hydrogens is 350 g/mol. The van der Waals surface area contributed by atoms with Crippen molar-refractivity contribution in [2.45, 2.75) is 25.0 Å². The van der Waals surface area contributed by atoms with Crippen molar-refractivity contribution in [3.05, 3.63) is 18.2 Å². The number of hydrogen-bond donors (Lipinski definition) is 2. The SMILES string of the molecule is COC1CCN(CC(=O)Nc2cccc3c2N=S=N3)C(CN)C1.Cl. The van der Waals surface area contributed by atoms with Crippen LogP contribution in [0.25, 0.3) is 0 Å². The second kappa shape index (κ2) is 8.68. The van der Waals surface area contributed by atoms with Gasteiger partial charge in [0.05, 0.1) is 29.7 Å². The Morgan fingerprint density at radius 1 is 1.50 bits per heavy atom. The molecule has 3 N–H and O–H groups in total. The summed E-state index contributed by atoms with van der Waals surface area (Å²) in [6.45, 7) is 1.67. The molecule has 0 aliphatic carbocycles. The number of nitrogens with two attached hydrogens (primary N) is 1. The number of methoxy groups -OCH3 is 1. The van der Waals surface area contributed by atoms with Gasteiger partial charge in [-0.2, -0.15) is 8.73 Å². The summed E-state index contributed by atoms with van der Waals surface area (Å²) in [6, 6.07) is 5.77. The highest BCUT2D eigenvalue weighted by Crippen LogP contribution is 2.38. The Balaban J connectivity index is 0.00000208. The predicted octanol–water partition coefficient (Wildman–Crippen LogP) is 2.21. The van der Waals surface area contributed by atoms with Crippen molar-refractivity contribution in [3.8, 4) is 0 Å². The molecule has 2 unspecified atom stereocenters. The molecule has 0 bridgehead atoms. The summed E-state index contributed by atoms with van der Waals surface area (Å²) >= 11 is 1.14. The lowest BCUT2D eigenvalue weighted by atomic mass is 9.99. The zero-order valence-corrected chi connectivity index (χ0v) is 15.1. The number of benzene rings is 1. The molecular formula is C15H22ClN5O2S. The molecule has 0 saturated carbocycles. The summed E-state index contributed by atoms with van der Waals surface area (Å²) in [7, 11) is 1.73. The van der Waals surface area contributed by atoms with Gasteiger partial charge in [-0.3, -0.25) is 9.69 Å². The van der Waals surface area contributed by atoms with E-state index in [2.05, 4.69) is 18.9 Å². The van der Waals surface area contributed by atoms with Gasteiger partial charge in [0.2, 0.25) is 5.91 Å². The molecule has 0 spiro atoms. The van der Waals surface area contributed by atoms with Gasteiger partial charge in [-0.1, -0.05) is 6.07 Å². The lowest BCUT2D eigenvalue weighted by Crippen LogP contribution is -2.50. The molecule has 2 aliphatic heterocycles. The molecule has 2 heterocycles. The van der Waals surface area contributed by atoms with E-state index in [9.17, 15) is 4.79 Å². The molecule has 1 aromatic rings. The molecule has 1 amide bonds. The zero-order chi connectivity index (χ0) is 16.2. The van der Waals surface area contributed by atoms with E-state index in [4.69, 9.17) is 10.5 Å². The van der Waals surface area contributed by atoms with Gasteiger partial charge < -0.3 is 15.8 Å². The summed E-state index contributed by atoms with van der Waals surface area (Å²) in [4.78, 5) is 14.5. The highest BCUT2D eigenvalue weighted by atomic mass is 35.5. The number of carbonyl (C=O) groups excluding carboxylic acids is 1. The van der Waals surface area contributed by atoms with Crippen LogP contribution in [0.3, 0.4) is 0 Å². The molecule has 1 fully saturated rings. The van der Waals surface area contributed by atoms with Crippen LogP contribution >= 0.6 is 12.4 Å². The van der Waals surface area contributed by atoms with Gasteiger partial charge in [-0.05, 0) is 25.0 Å². The quantitative estimate of drug-likeness (QED) is 0.842. The lowest BCUT2D eigenvalue weighted by Gasteiger charge is -2.37. The number of hydrogen-bond acceptors (Lipinski definition) is 6. The van der Waals surface area contributed by atoms with Crippen molar-refractivity contribution in [3.63, 3.8) is 0 Å². The minimum atomic E-state index is -0.0557. The summed E-state index contributed by atoms with van der Waals surface area (Å²) in [5.41, 5.74) is 8.09. The molecule has 1 aromatic carbocycles. The van der Waals surface area contributed by atoms with E-state index >= 15 is 0 Å². The highest BCUT2D eigenvalue weighted by molar-refractivity contribution is 7.58. The van der Waals surface area contributed by atoms with Crippen molar-refractivity contribution in [1.82, 2.24) is 4.90 Å². The average Bonchev–Trinajstić information content (AvgIpc) is 3.05. The minimum absolute atomic E-state index is 0. The average molecular weight is 372 g/mol. The van der Waals surface area contributed by atoms with Crippen molar-refractivity contribution in [1.29, 1.82) is 0 Å². The largest absolute Gasteiger partial charge is 0.381 e. The van der Waals surface area contributed by atoms with Gasteiger partial charge in [0.1, 0.15) is 11.4 Å². The van der Waals surface area contributed by atoms with E-state index in [1.54, 1.807) is 7.11 Å². The van der Waals surface area contributed by atoms with E-state index in [0.717, 1.165) is 42.1 Å². The Hall–Kier alpha value is -1.32. The maximum Gasteiger partial charge on any atom is 0.238 e. The van der Waals surface area contributed by atoms with Crippen molar-refractivity contribution >= 4 is 46.7 Å². The van der Waals surface area contributed by atoms with Crippen molar-refractivity contribution in [2.24, 2.45) is 14.5 Å². The molecule has 3 rings (SSSR count). The van der Waals surface area contributed by atoms with Crippen LogP contribution in [0.15, 0.2) is 26.9 Å². The molecule has 7 nitrogen and oxygen atoms in total. The number of amides is 1. The van der Waals surface area contributed by atoms with Crippen molar-refractivity contribution < 1.29 is 9.53 Å². The van der Waals surface area contributed by atoms with Crippen LogP contribution in [-0.2, 0) is 20.9 Å². The Labute approximate surface area is 151 Å². The molecule has 0 aromatic heterocycles.